The molecule has 0 aromatic carbocycles. The van der Waals surface area contributed by atoms with Gasteiger partial charge in [-0.15, -0.1) is 0 Å². The van der Waals surface area contributed by atoms with Crippen molar-refractivity contribution in [3.8, 4) is 0 Å². The second-order valence-electron chi connectivity index (χ2n) is 16.2. The Hall–Kier alpha value is -1.98. The Morgan fingerprint density at radius 1 is 0.947 bits per heavy atom. The Kier molecular flexibility index (Phi) is 11.3. The minimum atomic E-state index is -4.30. The average molecular weight is 889 g/mol. The van der Waals surface area contributed by atoms with Crippen molar-refractivity contribution in [3.63, 3.8) is 0 Å². The minimum absolute atomic E-state index is 0.0207. The topological polar surface area (TPSA) is 215 Å². The molecule has 0 amide bonds. The number of hydrogen-bond donors (Lipinski definition) is 3. The molecular formula is C33H47FN8O10P2S2Si. The number of halogens is 1. The molecule has 24 heteroatoms. The van der Waals surface area contributed by atoms with Crippen LogP contribution in [0.4, 0.5) is 4.39 Å². The van der Waals surface area contributed by atoms with E-state index in [0.29, 0.717) is 5.65 Å². The van der Waals surface area contributed by atoms with Crippen LogP contribution in [-0.4, -0.2) is 108 Å². The van der Waals surface area contributed by atoms with E-state index in [1.165, 1.54) is 28.1 Å². The van der Waals surface area contributed by atoms with E-state index in [0.717, 1.165) is 42.3 Å². The van der Waals surface area contributed by atoms with Crippen molar-refractivity contribution in [3.05, 3.63) is 46.8 Å². The molecule has 3 aliphatic heterocycles. The van der Waals surface area contributed by atoms with Gasteiger partial charge in [0.1, 0.15) is 48.8 Å². The maximum absolute atomic E-state index is 16.4. The highest BCUT2D eigenvalue weighted by atomic mass is 32.5. The summed E-state index contributed by atoms with van der Waals surface area (Å²) in [6.07, 6.45) is -0.593. The summed E-state index contributed by atoms with van der Waals surface area (Å²) in [4.78, 5) is 54.1. The Labute approximate surface area is 338 Å². The first-order valence-electron chi connectivity index (χ1n) is 18.8. The summed E-state index contributed by atoms with van der Waals surface area (Å²) in [6.45, 7) is 1.33. The number of fused-ring (bicyclic) bond motifs is 4. The predicted octanol–water partition coefficient (Wildman–Crippen LogP) is 3.65. The molecule has 4 aliphatic rings. The number of nitrogens with zero attached hydrogens (tertiary/aromatic N) is 7. The van der Waals surface area contributed by atoms with E-state index in [-0.39, 0.29) is 29.3 Å². The van der Waals surface area contributed by atoms with Gasteiger partial charge < -0.3 is 43.0 Å². The van der Waals surface area contributed by atoms with Crippen molar-refractivity contribution in [2.45, 2.75) is 120 Å². The Bertz CT molecular complexity index is 2330. The van der Waals surface area contributed by atoms with Crippen molar-refractivity contribution >= 4 is 67.6 Å². The lowest BCUT2D eigenvalue weighted by molar-refractivity contribution is -0.0602. The first kappa shape index (κ1) is 41.7. The van der Waals surface area contributed by atoms with Gasteiger partial charge >= 0.3 is 13.4 Å². The molecule has 312 valence electrons. The zero-order valence-electron chi connectivity index (χ0n) is 32.0. The van der Waals surface area contributed by atoms with Gasteiger partial charge in [0, 0.05) is 24.7 Å². The Balaban J connectivity index is 1.16. The molecule has 57 heavy (non-hydrogen) atoms. The molecule has 10 atom stereocenters. The van der Waals surface area contributed by atoms with Crippen LogP contribution in [0, 0.1) is 0 Å². The van der Waals surface area contributed by atoms with Gasteiger partial charge in [-0.25, -0.2) is 24.3 Å². The zero-order valence-corrected chi connectivity index (χ0v) is 36.5. The van der Waals surface area contributed by atoms with Gasteiger partial charge in [0.15, 0.2) is 38.1 Å². The summed E-state index contributed by atoms with van der Waals surface area (Å²) in [7, 11) is -2.62. The molecule has 0 radical (unpaired) electrons. The molecule has 4 aromatic heterocycles. The fraction of sp³-hybridized carbons (Fsp3) is 0.667. The maximum Gasteiger partial charge on any atom is 0.325 e. The molecule has 8 rings (SSSR count). The van der Waals surface area contributed by atoms with E-state index in [9.17, 15) is 14.6 Å². The van der Waals surface area contributed by atoms with Crippen molar-refractivity contribution in [2.24, 2.45) is 5.73 Å². The summed E-state index contributed by atoms with van der Waals surface area (Å²) in [5.74, 6) is 0. The van der Waals surface area contributed by atoms with Gasteiger partial charge in [0.2, 0.25) is 0 Å². The van der Waals surface area contributed by atoms with Crippen LogP contribution in [0.25, 0.3) is 22.2 Å². The van der Waals surface area contributed by atoms with Crippen molar-refractivity contribution < 1.29 is 46.2 Å². The monoisotopic (exact) mass is 888 g/mol. The summed E-state index contributed by atoms with van der Waals surface area (Å²) in [5.41, 5.74) is 7.90. The second-order valence-corrected chi connectivity index (χ2v) is 26.6. The number of alkyl halides is 1. The minimum Gasteiger partial charge on any atom is -0.407 e. The predicted molar refractivity (Wildman–Crippen MR) is 214 cm³/mol. The van der Waals surface area contributed by atoms with Crippen LogP contribution >= 0.6 is 13.4 Å². The van der Waals surface area contributed by atoms with Gasteiger partial charge in [0.25, 0.3) is 5.56 Å². The molecule has 4 aromatic rings. The molecule has 0 spiro atoms. The Morgan fingerprint density at radius 2 is 1.63 bits per heavy atom. The van der Waals surface area contributed by atoms with E-state index < -0.39 is 89.7 Å². The number of nitrogens with two attached hydrogens (primary N) is 1. The largest absolute Gasteiger partial charge is 0.407 e. The number of aryl methyl sites for hydroxylation is 2. The lowest BCUT2D eigenvalue weighted by atomic mass is 10.1. The molecule has 7 heterocycles. The molecule has 18 nitrogen and oxygen atoms in total. The number of hydrogen-bond acceptors (Lipinski definition) is 15. The van der Waals surface area contributed by atoms with Crippen LogP contribution < -0.4 is 11.3 Å². The van der Waals surface area contributed by atoms with Gasteiger partial charge in [-0.05, 0) is 73.0 Å². The van der Waals surface area contributed by atoms with E-state index in [1.54, 1.807) is 0 Å². The van der Waals surface area contributed by atoms with Crippen LogP contribution in [0.5, 0.6) is 0 Å². The second kappa shape index (κ2) is 15.5. The highest BCUT2D eigenvalue weighted by Crippen LogP contribution is 2.55. The number of imidazole rings is 1. The van der Waals surface area contributed by atoms with Crippen molar-refractivity contribution in [2.75, 3.05) is 19.8 Å². The first-order valence-corrected chi connectivity index (χ1v) is 26.9. The van der Waals surface area contributed by atoms with Gasteiger partial charge in [-0.1, -0.05) is 20.8 Å². The molecule has 3 saturated heterocycles. The number of ether oxygens (including phenoxy) is 2. The average Bonchev–Trinajstić information content (AvgIpc) is 3.85. The number of aromatic nitrogens is 7. The first-order chi connectivity index (χ1) is 26.9. The van der Waals surface area contributed by atoms with E-state index >= 15 is 4.39 Å². The van der Waals surface area contributed by atoms with E-state index in [2.05, 4.69) is 53.8 Å². The normalized spacial score (nSPS) is 34.1. The lowest BCUT2D eigenvalue weighted by Gasteiger charge is -2.41. The van der Waals surface area contributed by atoms with Crippen LogP contribution in [0.1, 0.15) is 57.3 Å². The van der Waals surface area contributed by atoms with Gasteiger partial charge in [0.05, 0.1) is 25.2 Å². The fourth-order valence-electron chi connectivity index (χ4n) is 7.55. The van der Waals surface area contributed by atoms with E-state index in [4.69, 9.17) is 61.3 Å². The standard InChI is InChI=1S/C33H47FN8O10P2S2Si/c1-33(2,3)57(4,5)52-27-25-21(49-32(27)41-12-18-8-6-7-9-19-22(18)28(41)37-15-36-19)14-47-54(45,56)51-26-23(34)20(13-46-53(44,55)50-25)48-31(26)42-17-38-24-29(42)39-16-40(11-10-35)30(24)43/h12,15-17,20-21,23,25-27,31-32H,6-11,13-14,35H2,1-5H3,(H,44,55)(H,45,56)/t20-,21-,23-,25-,26-,27-,31-,32-,53?,54?/m1/s1. The van der Waals surface area contributed by atoms with Gasteiger partial charge in [-0.2, -0.15) is 0 Å². The van der Waals surface area contributed by atoms with E-state index in [1.807, 2.05) is 10.8 Å². The molecule has 4 N–H and O–H groups in total. The molecular weight excluding hydrogens is 842 g/mol. The summed E-state index contributed by atoms with van der Waals surface area (Å²) < 4.78 is 64.8. The lowest BCUT2D eigenvalue weighted by Crippen LogP contribution is -2.49. The summed E-state index contributed by atoms with van der Waals surface area (Å²) in [5, 5.41) is 0.707. The summed E-state index contributed by atoms with van der Waals surface area (Å²) in [6, 6.07) is 0. The SMILES string of the molecule is CC(C)(C)[Si](C)(C)O[C@@H]1[C@@H]2OP(O)(=S)OC[C@H]3O[C@@H](n4cnc5c(=O)n(CCN)cnc54)[C@H](OP(O)(=S)OC[C@H]2O[C@H]1n1cc2c4c(ncnc41)CCCC2)[C@@H]3F. The Morgan fingerprint density at radius 3 is 2.35 bits per heavy atom. The third kappa shape index (κ3) is 7.90. The van der Waals surface area contributed by atoms with Crippen LogP contribution in [0.2, 0.25) is 18.1 Å². The molecule has 1 aliphatic carbocycles. The molecule has 2 bridgehead atoms. The third-order valence-corrected chi connectivity index (χ3v) is 19.0. The highest BCUT2D eigenvalue weighted by molar-refractivity contribution is 8.07. The van der Waals surface area contributed by atoms with Crippen LogP contribution in [-0.2, 0) is 75.0 Å². The van der Waals surface area contributed by atoms with Gasteiger partial charge in [-0.3, -0.25) is 23.0 Å². The highest BCUT2D eigenvalue weighted by Gasteiger charge is 2.56. The molecule has 0 saturated carbocycles. The van der Waals surface area contributed by atoms with Crippen molar-refractivity contribution in [1.29, 1.82) is 0 Å². The smallest absolute Gasteiger partial charge is 0.325 e. The maximum atomic E-state index is 16.4. The van der Waals surface area contributed by atoms with Crippen molar-refractivity contribution in [1.82, 2.24) is 33.6 Å². The number of rotatable bonds is 6. The van der Waals surface area contributed by atoms with Crippen LogP contribution in [0.3, 0.4) is 0 Å². The molecule has 3 fully saturated rings. The quantitative estimate of drug-likeness (QED) is 0.186. The van der Waals surface area contributed by atoms with Crippen LogP contribution in [0.15, 0.2) is 30.0 Å². The fourth-order valence-corrected chi connectivity index (χ4v) is 11.7. The molecule has 2 unspecified atom stereocenters. The third-order valence-electron chi connectivity index (χ3n) is 11.4. The summed E-state index contributed by atoms with van der Waals surface area (Å²) >= 11 is 11.1. The zero-order chi connectivity index (χ0) is 40.7.